The van der Waals surface area contributed by atoms with Crippen molar-refractivity contribution in [3.63, 3.8) is 0 Å². The first kappa shape index (κ1) is 21.0. The fourth-order valence-corrected chi connectivity index (χ4v) is 4.64. The minimum absolute atomic E-state index is 0.137. The molecule has 0 spiro atoms. The highest BCUT2D eigenvalue weighted by Crippen LogP contribution is 2.41. The summed E-state index contributed by atoms with van der Waals surface area (Å²) >= 11 is 0. The normalized spacial score (nSPS) is 18.7. The van der Waals surface area contributed by atoms with Gasteiger partial charge in [0, 0.05) is 12.6 Å². The van der Waals surface area contributed by atoms with E-state index in [-0.39, 0.29) is 17.9 Å². The van der Waals surface area contributed by atoms with Gasteiger partial charge in [-0.05, 0) is 43.7 Å². The van der Waals surface area contributed by atoms with Crippen molar-refractivity contribution in [3.05, 3.63) is 54.0 Å². The van der Waals surface area contributed by atoms with Gasteiger partial charge in [-0.2, -0.15) is 0 Å². The van der Waals surface area contributed by atoms with Crippen molar-refractivity contribution in [3.8, 4) is 0 Å². The van der Waals surface area contributed by atoms with Crippen molar-refractivity contribution in [2.24, 2.45) is 17.6 Å². The standard InChI is InChI=1S/C23H28N6O2/c1-13(2)18(23(3,25-4)22(24)31)21(30)29-17(12-14-8-7-11-26-20(14)29)19-27-15-9-5-6-10-16(15)28-19/h5-11,13,17-18,25H,12H2,1-4H3,(H2,24,31)(H,27,28)/t17-,18+,23?/m0/s1. The number of hydrogen-bond acceptors (Lipinski definition) is 5. The van der Waals surface area contributed by atoms with Crippen molar-refractivity contribution in [2.45, 2.75) is 38.8 Å². The molecule has 4 rings (SSSR count). The lowest BCUT2D eigenvalue weighted by Gasteiger charge is -2.39. The van der Waals surface area contributed by atoms with Crippen LogP contribution in [0.15, 0.2) is 42.6 Å². The molecular weight excluding hydrogens is 392 g/mol. The Bertz CT molecular complexity index is 1110. The first-order chi connectivity index (χ1) is 14.8. The molecule has 3 atom stereocenters. The third-order valence-electron chi connectivity index (χ3n) is 6.37. The monoisotopic (exact) mass is 420 g/mol. The predicted molar refractivity (Wildman–Crippen MR) is 119 cm³/mol. The predicted octanol–water partition coefficient (Wildman–Crippen LogP) is 2.32. The summed E-state index contributed by atoms with van der Waals surface area (Å²) in [6, 6.07) is 11.3. The number of benzene rings is 1. The third kappa shape index (κ3) is 3.37. The molecule has 0 radical (unpaired) electrons. The van der Waals surface area contributed by atoms with Gasteiger partial charge in [-0.1, -0.05) is 32.0 Å². The van der Waals surface area contributed by atoms with Crippen LogP contribution in [0.5, 0.6) is 0 Å². The smallest absolute Gasteiger partial charge is 0.238 e. The third-order valence-corrected chi connectivity index (χ3v) is 6.37. The van der Waals surface area contributed by atoms with Crippen LogP contribution in [0.1, 0.15) is 38.2 Å². The number of para-hydroxylation sites is 2. The van der Waals surface area contributed by atoms with E-state index in [1.54, 1.807) is 25.1 Å². The van der Waals surface area contributed by atoms with Crippen LogP contribution in [-0.2, 0) is 16.0 Å². The van der Waals surface area contributed by atoms with Crippen molar-refractivity contribution >= 4 is 28.7 Å². The zero-order valence-corrected chi connectivity index (χ0v) is 18.2. The average Bonchev–Trinajstić information content (AvgIpc) is 3.34. The fraction of sp³-hybridized carbons (Fsp3) is 0.391. The van der Waals surface area contributed by atoms with E-state index in [2.05, 4.69) is 15.3 Å². The maximum Gasteiger partial charge on any atom is 0.238 e. The number of aromatic nitrogens is 3. The Kier molecular flexibility index (Phi) is 5.26. The number of nitrogens with one attached hydrogen (secondary N) is 2. The number of hydrogen-bond donors (Lipinski definition) is 3. The van der Waals surface area contributed by atoms with E-state index in [0.29, 0.717) is 18.1 Å². The van der Waals surface area contributed by atoms with Gasteiger partial charge in [0.05, 0.1) is 17.0 Å². The molecule has 2 aromatic heterocycles. The van der Waals surface area contributed by atoms with E-state index in [0.717, 1.165) is 16.6 Å². The van der Waals surface area contributed by atoms with Gasteiger partial charge < -0.3 is 16.0 Å². The number of nitrogens with two attached hydrogens (primary N) is 1. The van der Waals surface area contributed by atoms with Crippen molar-refractivity contribution in [2.75, 3.05) is 11.9 Å². The van der Waals surface area contributed by atoms with E-state index in [9.17, 15) is 9.59 Å². The summed E-state index contributed by atoms with van der Waals surface area (Å²) in [6.45, 7) is 5.53. The van der Waals surface area contributed by atoms with E-state index in [1.807, 2.05) is 50.2 Å². The number of rotatable bonds is 6. The molecule has 8 nitrogen and oxygen atoms in total. The SMILES string of the molecule is CNC(C)(C(N)=O)[C@@H](C(=O)N1c2ncccc2C[C@H]1c1nc2ccccc2[nH]1)C(C)C. The molecule has 0 aliphatic carbocycles. The van der Waals surface area contributed by atoms with Crippen LogP contribution in [-0.4, -0.2) is 39.4 Å². The van der Waals surface area contributed by atoms with Crippen LogP contribution >= 0.6 is 0 Å². The molecule has 0 bridgehead atoms. The highest BCUT2D eigenvalue weighted by molar-refractivity contribution is 6.02. The number of fused-ring (bicyclic) bond motifs is 2. The number of aromatic amines is 1. The van der Waals surface area contributed by atoms with Gasteiger partial charge in [-0.3, -0.25) is 14.5 Å². The van der Waals surface area contributed by atoms with E-state index in [4.69, 9.17) is 10.7 Å². The second-order valence-corrected chi connectivity index (χ2v) is 8.59. The quantitative estimate of drug-likeness (QED) is 0.566. The molecule has 0 saturated heterocycles. The van der Waals surface area contributed by atoms with Gasteiger partial charge >= 0.3 is 0 Å². The minimum Gasteiger partial charge on any atom is -0.368 e. The van der Waals surface area contributed by atoms with Gasteiger partial charge in [-0.15, -0.1) is 0 Å². The number of imidazole rings is 1. The Morgan fingerprint density at radius 2 is 2.00 bits per heavy atom. The van der Waals surface area contributed by atoms with Gasteiger partial charge in [0.1, 0.15) is 23.2 Å². The lowest BCUT2D eigenvalue weighted by molar-refractivity contribution is -0.136. The molecular formula is C23H28N6O2. The van der Waals surface area contributed by atoms with E-state index < -0.39 is 17.4 Å². The summed E-state index contributed by atoms with van der Waals surface area (Å²) < 4.78 is 0. The van der Waals surface area contributed by atoms with Crippen molar-refractivity contribution in [1.29, 1.82) is 0 Å². The van der Waals surface area contributed by atoms with Crippen LogP contribution in [0, 0.1) is 11.8 Å². The maximum absolute atomic E-state index is 14.1. The van der Waals surface area contributed by atoms with Crippen molar-refractivity contribution in [1.82, 2.24) is 20.3 Å². The Labute approximate surface area is 181 Å². The van der Waals surface area contributed by atoms with Crippen LogP contribution in [0.3, 0.4) is 0 Å². The molecule has 8 heteroatoms. The largest absolute Gasteiger partial charge is 0.368 e. The maximum atomic E-state index is 14.1. The highest BCUT2D eigenvalue weighted by Gasteiger charge is 2.49. The average molecular weight is 421 g/mol. The van der Waals surface area contributed by atoms with Gasteiger partial charge in [0.25, 0.3) is 0 Å². The van der Waals surface area contributed by atoms with Crippen LogP contribution in [0.25, 0.3) is 11.0 Å². The number of pyridine rings is 1. The number of carbonyl (C=O) groups excluding carboxylic acids is 2. The molecule has 0 fully saturated rings. The first-order valence-electron chi connectivity index (χ1n) is 10.5. The molecule has 4 N–H and O–H groups in total. The van der Waals surface area contributed by atoms with Gasteiger partial charge in [0.2, 0.25) is 11.8 Å². The first-order valence-corrected chi connectivity index (χ1v) is 10.5. The summed E-state index contributed by atoms with van der Waals surface area (Å²) in [5.41, 5.74) is 7.25. The van der Waals surface area contributed by atoms with Crippen LogP contribution < -0.4 is 16.0 Å². The number of nitrogens with zero attached hydrogens (tertiary/aromatic N) is 3. The number of anilines is 1. The molecule has 3 aromatic rings. The molecule has 0 saturated carbocycles. The van der Waals surface area contributed by atoms with Gasteiger partial charge in [0.15, 0.2) is 0 Å². The highest BCUT2D eigenvalue weighted by atomic mass is 16.2. The fourth-order valence-electron chi connectivity index (χ4n) is 4.64. The Hall–Kier alpha value is -3.26. The molecule has 1 aliphatic rings. The zero-order valence-electron chi connectivity index (χ0n) is 18.2. The number of amides is 2. The molecule has 3 heterocycles. The molecule has 1 unspecified atom stereocenters. The van der Waals surface area contributed by atoms with Gasteiger partial charge in [-0.25, -0.2) is 9.97 Å². The molecule has 2 amide bonds. The minimum atomic E-state index is -1.21. The van der Waals surface area contributed by atoms with Crippen molar-refractivity contribution < 1.29 is 9.59 Å². The Morgan fingerprint density at radius 3 is 2.65 bits per heavy atom. The number of H-pyrrole nitrogens is 1. The molecule has 1 aliphatic heterocycles. The summed E-state index contributed by atoms with van der Waals surface area (Å²) in [5, 5.41) is 3.00. The second-order valence-electron chi connectivity index (χ2n) is 8.59. The summed E-state index contributed by atoms with van der Waals surface area (Å²) in [7, 11) is 1.65. The summed E-state index contributed by atoms with van der Waals surface area (Å²) in [4.78, 5) is 40.8. The molecule has 1 aromatic carbocycles. The van der Waals surface area contributed by atoms with Crippen LogP contribution in [0.4, 0.5) is 5.82 Å². The van der Waals surface area contributed by atoms with E-state index in [1.165, 1.54) is 0 Å². The summed E-state index contributed by atoms with van der Waals surface area (Å²) in [5.74, 6) is -0.292. The second kappa shape index (κ2) is 7.77. The van der Waals surface area contributed by atoms with Crippen LogP contribution in [0.2, 0.25) is 0 Å². The topological polar surface area (TPSA) is 117 Å². The Balaban J connectivity index is 1.83. The van der Waals surface area contributed by atoms with E-state index >= 15 is 0 Å². The number of primary amides is 1. The lowest BCUT2D eigenvalue weighted by atomic mass is 9.76. The Morgan fingerprint density at radius 1 is 1.26 bits per heavy atom. The number of likely N-dealkylation sites (N-methyl/N-ethyl adjacent to an activating group) is 1. The zero-order chi connectivity index (χ0) is 22.3. The molecule has 162 valence electrons. The summed E-state index contributed by atoms with van der Waals surface area (Å²) in [6.07, 6.45) is 2.27. The number of carbonyl (C=O) groups is 2. The lowest BCUT2D eigenvalue weighted by Crippen LogP contribution is -2.62. The molecule has 31 heavy (non-hydrogen) atoms.